The van der Waals surface area contributed by atoms with Gasteiger partial charge < -0.3 is 9.73 Å². The molecule has 0 bridgehead atoms. The summed E-state index contributed by atoms with van der Waals surface area (Å²) in [6, 6.07) is 10.6. The normalized spacial score (nSPS) is 11.7. The molecule has 8 nitrogen and oxygen atoms in total. The van der Waals surface area contributed by atoms with E-state index in [0.717, 1.165) is 0 Å². The zero-order valence-corrected chi connectivity index (χ0v) is 16.5. The lowest BCUT2D eigenvalue weighted by molar-refractivity contribution is 0.0963. The van der Waals surface area contributed by atoms with E-state index in [4.69, 9.17) is 4.42 Å². The van der Waals surface area contributed by atoms with Gasteiger partial charge in [0, 0.05) is 19.3 Å². The lowest BCUT2D eigenvalue weighted by atomic mass is 10.0. The standard InChI is InChI=1S/C19H13BrN6O2/c1-10-6-11(9-21)7-13(18(27)22-2)16(10)24-19-12-4-3-5-23-17(12)26-15(28-19)8-14(20)25-26/h3-8H,1-2H3,(H,22,27). The van der Waals surface area contributed by atoms with Crippen LogP contribution in [-0.2, 0) is 0 Å². The third kappa shape index (κ3) is 2.93. The lowest BCUT2D eigenvalue weighted by Crippen LogP contribution is -2.19. The van der Waals surface area contributed by atoms with E-state index in [1.165, 1.54) is 13.1 Å². The summed E-state index contributed by atoms with van der Waals surface area (Å²) >= 11 is 3.34. The molecule has 0 fully saturated rings. The fourth-order valence-electron chi connectivity index (χ4n) is 2.93. The average molecular weight is 437 g/mol. The van der Waals surface area contributed by atoms with E-state index >= 15 is 0 Å². The molecule has 4 rings (SSSR count). The summed E-state index contributed by atoms with van der Waals surface area (Å²) in [4.78, 5) is 21.4. The molecule has 0 aliphatic heterocycles. The maximum atomic E-state index is 12.4. The molecule has 1 aromatic carbocycles. The topological polar surface area (TPSA) is 109 Å². The van der Waals surface area contributed by atoms with E-state index in [-0.39, 0.29) is 5.91 Å². The smallest absolute Gasteiger partial charge is 0.253 e. The number of nitriles is 1. The Labute approximate surface area is 167 Å². The molecule has 3 heterocycles. The number of amides is 1. The van der Waals surface area contributed by atoms with Crippen LogP contribution in [-0.4, -0.2) is 27.6 Å². The molecule has 0 radical (unpaired) electrons. The van der Waals surface area contributed by atoms with Crippen molar-refractivity contribution >= 4 is 44.3 Å². The fraction of sp³-hybridized carbons (Fsp3) is 0.105. The third-order valence-corrected chi connectivity index (χ3v) is 4.57. The summed E-state index contributed by atoms with van der Waals surface area (Å²) in [5, 5.41) is 16.8. The second kappa shape index (κ2) is 6.90. The van der Waals surface area contributed by atoms with Crippen molar-refractivity contribution in [3.63, 3.8) is 0 Å². The average Bonchev–Trinajstić information content (AvgIpc) is 3.09. The predicted molar refractivity (Wildman–Crippen MR) is 105 cm³/mol. The van der Waals surface area contributed by atoms with Gasteiger partial charge in [-0.05, 0) is 52.7 Å². The van der Waals surface area contributed by atoms with Crippen molar-refractivity contribution in [3.05, 3.63) is 63.4 Å². The van der Waals surface area contributed by atoms with E-state index in [1.54, 1.807) is 35.8 Å². The maximum Gasteiger partial charge on any atom is 0.253 e. The predicted octanol–water partition coefficient (Wildman–Crippen LogP) is 3.01. The highest BCUT2D eigenvalue weighted by molar-refractivity contribution is 9.10. The second-order valence-corrected chi connectivity index (χ2v) is 6.80. The van der Waals surface area contributed by atoms with Gasteiger partial charge in [-0.3, -0.25) is 4.79 Å². The number of nitrogens with zero attached hydrogens (tertiary/aromatic N) is 5. The summed E-state index contributed by atoms with van der Waals surface area (Å²) in [5.74, 6) is -0.338. The summed E-state index contributed by atoms with van der Waals surface area (Å²) in [6.07, 6.45) is 1.66. The minimum Gasteiger partial charge on any atom is -0.420 e. The van der Waals surface area contributed by atoms with Crippen LogP contribution < -0.4 is 10.9 Å². The Morgan fingerprint density at radius 3 is 2.96 bits per heavy atom. The van der Waals surface area contributed by atoms with E-state index in [9.17, 15) is 10.1 Å². The Morgan fingerprint density at radius 1 is 1.39 bits per heavy atom. The number of hydrogen-bond donors (Lipinski definition) is 1. The first-order chi connectivity index (χ1) is 13.5. The van der Waals surface area contributed by atoms with E-state index < -0.39 is 0 Å². The third-order valence-electron chi connectivity index (χ3n) is 4.18. The summed E-state index contributed by atoms with van der Waals surface area (Å²) < 4.78 is 8.12. The highest BCUT2D eigenvalue weighted by Gasteiger charge is 2.16. The minimum absolute atomic E-state index is 0.292. The highest BCUT2D eigenvalue weighted by Crippen LogP contribution is 2.26. The van der Waals surface area contributed by atoms with Crippen LogP contribution in [0.5, 0.6) is 0 Å². The molecule has 1 N–H and O–H groups in total. The molecule has 9 heteroatoms. The van der Waals surface area contributed by atoms with Crippen molar-refractivity contribution in [2.75, 3.05) is 7.05 Å². The van der Waals surface area contributed by atoms with Gasteiger partial charge in [0.2, 0.25) is 11.3 Å². The van der Waals surface area contributed by atoms with Crippen LogP contribution in [0.4, 0.5) is 5.69 Å². The Balaban J connectivity index is 2.11. The molecule has 0 saturated heterocycles. The lowest BCUT2D eigenvalue weighted by Gasteiger charge is -2.08. The molecule has 0 spiro atoms. The van der Waals surface area contributed by atoms with E-state index in [1.807, 2.05) is 6.07 Å². The number of benzene rings is 1. The molecule has 0 aliphatic rings. The van der Waals surface area contributed by atoms with Gasteiger partial charge in [-0.25, -0.2) is 9.98 Å². The molecular weight excluding hydrogens is 424 g/mol. The van der Waals surface area contributed by atoms with Crippen LogP contribution in [0, 0.1) is 18.3 Å². The number of halogens is 1. The quantitative estimate of drug-likeness (QED) is 0.519. The molecule has 138 valence electrons. The first-order valence-corrected chi connectivity index (χ1v) is 9.06. The van der Waals surface area contributed by atoms with Crippen LogP contribution in [0.25, 0.3) is 16.7 Å². The fourth-order valence-corrected chi connectivity index (χ4v) is 3.29. The molecule has 0 unspecified atom stereocenters. The van der Waals surface area contributed by atoms with Crippen LogP contribution in [0.1, 0.15) is 21.5 Å². The van der Waals surface area contributed by atoms with E-state index in [2.05, 4.69) is 42.4 Å². The van der Waals surface area contributed by atoms with Gasteiger partial charge in [0.05, 0.1) is 28.3 Å². The van der Waals surface area contributed by atoms with Crippen LogP contribution in [0.3, 0.4) is 0 Å². The number of aryl methyl sites for hydroxylation is 1. The molecule has 28 heavy (non-hydrogen) atoms. The van der Waals surface area contributed by atoms with Gasteiger partial charge >= 0.3 is 0 Å². The molecule has 0 saturated carbocycles. The summed E-state index contributed by atoms with van der Waals surface area (Å²) in [7, 11) is 1.53. The van der Waals surface area contributed by atoms with Gasteiger partial charge in [0.25, 0.3) is 5.91 Å². The van der Waals surface area contributed by atoms with Crippen LogP contribution in [0.15, 0.2) is 50.5 Å². The maximum absolute atomic E-state index is 12.4. The molecule has 0 aliphatic carbocycles. The summed E-state index contributed by atoms with van der Waals surface area (Å²) in [6.45, 7) is 1.79. The van der Waals surface area contributed by atoms with Crippen molar-refractivity contribution in [2.24, 2.45) is 4.99 Å². The zero-order valence-electron chi connectivity index (χ0n) is 14.9. The number of rotatable bonds is 2. The van der Waals surface area contributed by atoms with Gasteiger partial charge in [-0.2, -0.15) is 14.9 Å². The number of fused-ring (bicyclic) bond motifs is 3. The first-order valence-electron chi connectivity index (χ1n) is 8.26. The highest BCUT2D eigenvalue weighted by atomic mass is 79.9. The number of carbonyl (C=O) groups is 1. The van der Waals surface area contributed by atoms with Crippen LogP contribution in [0.2, 0.25) is 0 Å². The Hall–Kier alpha value is -3.51. The summed E-state index contributed by atoms with van der Waals surface area (Å²) in [5.41, 5.74) is 3.09. The van der Waals surface area contributed by atoms with Gasteiger partial charge in [-0.15, -0.1) is 0 Å². The Morgan fingerprint density at radius 2 is 2.21 bits per heavy atom. The van der Waals surface area contributed by atoms with Crippen molar-refractivity contribution < 1.29 is 9.21 Å². The largest absolute Gasteiger partial charge is 0.420 e. The number of pyridine rings is 1. The molecular formula is C19H13BrN6O2. The van der Waals surface area contributed by atoms with Crippen LogP contribution >= 0.6 is 15.9 Å². The minimum atomic E-state index is -0.338. The SMILES string of the molecule is CNC(=O)c1cc(C#N)cc(C)c1N=c1oc2cc(Br)nn2c2ncccc12. The van der Waals surface area contributed by atoms with Gasteiger partial charge in [0.1, 0.15) is 4.60 Å². The number of carbonyl (C=O) groups excluding carboxylic acids is 1. The zero-order chi connectivity index (χ0) is 19.8. The number of nitrogens with one attached hydrogen (secondary N) is 1. The monoisotopic (exact) mass is 436 g/mol. The van der Waals surface area contributed by atoms with Gasteiger partial charge in [-0.1, -0.05) is 0 Å². The Kier molecular flexibility index (Phi) is 4.41. The van der Waals surface area contributed by atoms with Crippen molar-refractivity contribution in [2.45, 2.75) is 6.92 Å². The second-order valence-electron chi connectivity index (χ2n) is 5.99. The molecule has 4 aromatic rings. The molecule has 1 amide bonds. The molecule has 0 atom stereocenters. The van der Waals surface area contributed by atoms with Gasteiger partial charge in [0.15, 0.2) is 5.65 Å². The van der Waals surface area contributed by atoms with Crippen molar-refractivity contribution in [1.29, 1.82) is 5.26 Å². The van der Waals surface area contributed by atoms with Crippen molar-refractivity contribution in [3.8, 4) is 6.07 Å². The number of aromatic nitrogens is 3. The first kappa shape index (κ1) is 17.9. The Bertz CT molecular complexity index is 1360. The number of hydrogen-bond acceptors (Lipinski definition) is 6. The molecule has 3 aromatic heterocycles. The van der Waals surface area contributed by atoms with Crippen molar-refractivity contribution in [1.82, 2.24) is 19.9 Å². The van der Waals surface area contributed by atoms with E-state index in [0.29, 0.717) is 49.3 Å².